The van der Waals surface area contributed by atoms with Crippen molar-refractivity contribution >= 4 is 32.6 Å². The molecule has 0 saturated carbocycles. The number of thiazole rings is 1. The minimum atomic E-state index is -0.255. The maximum atomic E-state index is 13.7. The Balaban J connectivity index is 1.83. The van der Waals surface area contributed by atoms with Gasteiger partial charge in [0.1, 0.15) is 5.76 Å². The van der Waals surface area contributed by atoms with E-state index in [1.165, 1.54) is 32.7 Å². The number of hydrogen-bond donors (Lipinski definition) is 0. The molecule has 0 atom stereocenters. The zero-order chi connectivity index (χ0) is 22.8. The standard InChI is InChI=1S/C24H24N2O5S/c1-14-9-15(2)21-20(10-14)32-24(25-21)26(13-17-7-6-8-31-17)23(27)16-11-18(28-3)22(30-5)19(12-16)29-4/h6-12H,13H2,1-5H3. The van der Waals surface area contributed by atoms with Crippen LogP contribution in [0.1, 0.15) is 27.2 Å². The van der Waals surface area contributed by atoms with Gasteiger partial charge >= 0.3 is 0 Å². The van der Waals surface area contributed by atoms with Gasteiger partial charge in [-0.05, 0) is 55.3 Å². The van der Waals surface area contributed by atoms with Crippen molar-refractivity contribution in [2.24, 2.45) is 0 Å². The molecule has 4 rings (SSSR count). The molecule has 2 heterocycles. The molecule has 0 N–H and O–H groups in total. The second-order valence-electron chi connectivity index (χ2n) is 7.31. The number of methoxy groups -OCH3 is 3. The molecule has 0 aliphatic rings. The van der Waals surface area contributed by atoms with E-state index in [-0.39, 0.29) is 12.5 Å². The molecule has 32 heavy (non-hydrogen) atoms. The van der Waals surface area contributed by atoms with Crippen molar-refractivity contribution in [3.05, 3.63) is 65.1 Å². The fourth-order valence-electron chi connectivity index (χ4n) is 3.62. The van der Waals surface area contributed by atoms with Gasteiger partial charge in [-0.15, -0.1) is 0 Å². The Morgan fingerprint density at radius 2 is 1.78 bits per heavy atom. The fourth-order valence-corrected chi connectivity index (χ4v) is 4.76. The van der Waals surface area contributed by atoms with Gasteiger partial charge in [0.15, 0.2) is 16.6 Å². The summed E-state index contributed by atoms with van der Waals surface area (Å²) >= 11 is 1.47. The molecule has 166 valence electrons. The molecule has 0 bridgehead atoms. The highest BCUT2D eigenvalue weighted by atomic mass is 32.1. The van der Waals surface area contributed by atoms with E-state index in [0.29, 0.717) is 33.7 Å². The summed E-state index contributed by atoms with van der Waals surface area (Å²) in [7, 11) is 4.56. The quantitative estimate of drug-likeness (QED) is 0.375. The van der Waals surface area contributed by atoms with E-state index in [0.717, 1.165) is 21.3 Å². The average Bonchev–Trinajstić information content (AvgIpc) is 3.45. The van der Waals surface area contributed by atoms with Crippen LogP contribution in [0.15, 0.2) is 47.1 Å². The van der Waals surface area contributed by atoms with Crippen LogP contribution in [-0.2, 0) is 6.54 Å². The first-order chi connectivity index (χ1) is 15.4. The highest BCUT2D eigenvalue weighted by molar-refractivity contribution is 7.22. The molecule has 0 fully saturated rings. The van der Waals surface area contributed by atoms with Gasteiger partial charge in [0.2, 0.25) is 5.75 Å². The van der Waals surface area contributed by atoms with Crippen LogP contribution in [0, 0.1) is 13.8 Å². The molecular weight excluding hydrogens is 428 g/mol. The highest BCUT2D eigenvalue weighted by Gasteiger charge is 2.26. The largest absolute Gasteiger partial charge is 0.493 e. The number of aromatic nitrogens is 1. The Hall–Kier alpha value is -3.52. The number of fused-ring (bicyclic) bond motifs is 1. The van der Waals surface area contributed by atoms with Crippen molar-refractivity contribution in [3.63, 3.8) is 0 Å². The first-order valence-corrected chi connectivity index (χ1v) is 10.8. The molecule has 0 spiro atoms. The summed E-state index contributed by atoms with van der Waals surface area (Å²) in [5.41, 5.74) is 3.50. The zero-order valence-corrected chi connectivity index (χ0v) is 19.4. The topological polar surface area (TPSA) is 74.0 Å². The van der Waals surface area contributed by atoms with Crippen molar-refractivity contribution in [1.82, 2.24) is 4.98 Å². The molecule has 1 amide bonds. The van der Waals surface area contributed by atoms with E-state index in [2.05, 4.69) is 12.1 Å². The third kappa shape index (κ3) is 4.01. The predicted molar refractivity (Wildman–Crippen MR) is 124 cm³/mol. The first-order valence-electron chi connectivity index (χ1n) is 9.97. The summed E-state index contributed by atoms with van der Waals surface area (Å²) in [5.74, 6) is 1.63. The summed E-state index contributed by atoms with van der Waals surface area (Å²) in [6, 6.07) is 11.1. The Kier molecular flexibility index (Phi) is 6.05. The van der Waals surface area contributed by atoms with Crippen molar-refractivity contribution in [2.45, 2.75) is 20.4 Å². The molecule has 0 unspecified atom stereocenters. The number of rotatable bonds is 7. The minimum absolute atomic E-state index is 0.236. The molecule has 0 radical (unpaired) electrons. The maximum Gasteiger partial charge on any atom is 0.260 e. The van der Waals surface area contributed by atoms with Crippen LogP contribution < -0.4 is 19.1 Å². The van der Waals surface area contributed by atoms with E-state index in [1.807, 2.05) is 19.9 Å². The molecule has 0 aliphatic heterocycles. The van der Waals surface area contributed by atoms with Crippen LogP contribution in [0.25, 0.3) is 10.2 Å². The van der Waals surface area contributed by atoms with Gasteiger partial charge in [-0.3, -0.25) is 9.69 Å². The van der Waals surface area contributed by atoms with E-state index in [9.17, 15) is 4.79 Å². The number of anilines is 1. The van der Waals surface area contributed by atoms with E-state index in [4.69, 9.17) is 23.6 Å². The zero-order valence-electron chi connectivity index (χ0n) is 18.6. The van der Waals surface area contributed by atoms with Crippen LogP contribution in [0.2, 0.25) is 0 Å². The second kappa shape index (κ2) is 8.92. The van der Waals surface area contributed by atoms with Crippen molar-refractivity contribution < 1.29 is 23.4 Å². The lowest BCUT2D eigenvalue weighted by Gasteiger charge is -2.20. The lowest BCUT2D eigenvalue weighted by Crippen LogP contribution is -2.30. The number of carbonyl (C=O) groups is 1. The molecule has 0 saturated heterocycles. The van der Waals surface area contributed by atoms with Gasteiger partial charge in [0.25, 0.3) is 5.91 Å². The van der Waals surface area contributed by atoms with Crippen LogP contribution in [0.5, 0.6) is 17.2 Å². The predicted octanol–water partition coefficient (Wildman–Crippen LogP) is 5.38. The van der Waals surface area contributed by atoms with Crippen LogP contribution >= 0.6 is 11.3 Å². The van der Waals surface area contributed by atoms with Gasteiger partial charge in [-0.1, -0.05) is 17.4 Å². The highest BCUT2D eigenvalue weighted by Crippen LogP contribution is 2.39. The third-order valence-corrected chi connectivity index (χ3v) is 6.13. The fraction of sp³-hybridized carbons (Fsp3) is 0.250. The molecule has 8 heteroatoms. The molecule has 2 aromatic carbocycles. The molecule has 4 aromatic rings. The normalized spacial score (nSPS) is 10.9. The number of nitrogens with zero attached hydrogens (tertiary/aromatic N) is 2. The van der Waals surface area contributed by atoms with Crippen molar-refractivity contribution in [1.29, 1.82) is 0 Å². The average molecular weight is 453 g/mol. The summed E-state index contributed by atoms with van der Waals surface area (Å²) in [5, 5.41) is 0.587. The summed E-state index contributed by atoms with van der Waals surface area (Å²) in [6.45, 7) is 4.31. The van der Waals surface area contributed by atoms with Gasteiger partial charge in [-0.25, -0.2) is 4.98 Å². The van der Waals surface area contributed by atoms with Crippen LogP contribution in [0.3, 0.4) is 0 Å². The van der Waals surface area contributed by atoms with Crippen molar-refractivity contribution in [3.8, 4) is 17.2 Å². The Morgan fingerprint density at radius 3 is 2.38 bits per heavy atom. The number of ether oxygens (including phenoxy) is 3. The lowest BCUT2D eigenvalue weighted by atomic mass is 10.1. The number of amides is 1. The van der Waals surface area contributed by atoms with Crippen LogP contribution in [-0.4, -0.2) is 32.2 Å². The van der Waals surface area contributed by atoms with Gasteiger partial charge in [-0.2, -0.15) is 0 Å². The number of furan rings is 1. The van der Waals surface area contributed by atoms with Crippen molar-refractivity contribution in [2.75, 3.05) is 26.2 Å². The number of aryl methyl sites for hydroxylation is 2. The Morgan fingerprint density at radius 1 is 1.06 bits per heavy atom. The number of carbonyl (C=O) groups excluding carboxylic acids is 1. The molecular formula is C24H24N2O5S. The van der Waals surface area contributed by atoms with Crippen LogP contribution in [0.4, 0.5) is 5.13 Å². The molecule has 2 aromatic heterocycles. The molecule has 0 aliphatic carbocycles. The van der Waals surface area contributed by atoms with Gasteiger partial charge in [0.05, 0.1) is 44.4 Å². The lowest BCUT2D eigenvalue weighted by molar-refractivity contribution is 0.0982. The first kappa shape index (κ1) is 21.7. The maximum absolute atomic E-state index is 13.7. The van der Waals surface area contributed by atoms with Gasteiger partial charge < -0.3 is 18.6 Å². The Labute approximate surface area is 190 Å². The Bertz CT molecular complexity index is 1240. The third-order valence-electron chi connectivity index (χ3n) is 5.10. The smallest absolute Gasteiger partial charge is 0.260 e. The summed E-state index contributed by atoms with van der Waals surface area (Å²) < 4.78 is 22.8. The van der Waals surface area contributed by atoms with E-state index in [1.54, 1.807) is 29.4 Å². The summed E-state index contributed by atoms with van der Waals surface area (Å²) in [6.07, 6.45) is 1.59. The van der Waals surface area contributed by atoms with E-state index >= 15 is 0 Å². The number of benzene rings is 2. The minimum Gasteiger partial charge on any atom is -0.493 e. The molecule has 7 nitrogen and oxygen atoms in total. The summed E-state index contributed by atoms with van der Waals surface area (Å²) in [4.78, 5) is 20.1. The number of hydrogen-bond acceptors (Lipinski definition) is 7. The van der Waals surface area contributed by atoms with Gasteiger partial charge in [0, 0.05) is 5.56 Å². The second-order valence-corrected chi connectivity index (χ2v) is 8.32. The monoisotopic (exact) mass is 452 g/mol. The SMILES string of the molecule is COc1cc(C(=O)N(Cc2ccco2)c2nc3c(C)cc(C)cc3s2)cc(OC)c1OC. The van der Waals surface area contributed by atoms with E-state index < -0.39 is 0 Å².